The van der Waals surface area contributed by atoms with Gasteiger partial charge in [0.15, 0.2) is 6.61 Å². The number of urea groups is 1. The van der Waals surface area contributed by atoms with Gasteiger partial charge in [0, 0.05) is 5.02 Å². The maximum absolute atomic E-state index is 13.3. The van der Waals surface area contributed by atoms with E-state index in [1.54, 1.807) is 29.2 Å². The minimum absolute atomic E-state index is 0.189. The molecule has 8 heteroatoms. The first-order valence-corrected chi connectivity index (χ1v) is 11.3. The molecule has 0 saturated heterocycles. The van der Waals surface area contributed by atoms with Crippen molar-refractivity contribution >= 4 is 40.9 Å². The fraction of sp³-hybridized carbons (Fsp3) is 0.192. The molecule has 4 rings (SSSR count). The van der Waals surface area contributed by atoms with Crippen molar-refractivity contribution < 1.29 is 19.1 Å². The molecule has 0 aliphatic carbocycles. The largest absolute Gasteiger partial charge is 0.455 e. The summed E-state index contributed by atoms with van der Waals surface area (Å²) in [6.07, 6.45) is 1.42. The summed E-state index contributed by atoms with van der Waals surface area (Å²) in [5.41, 5.74) is 9.57. The summed E-state index contributed by atoms with van der Waals surface area (Å²) < 4.78 is 5.34. The van der Waals surface area contributed by atoms with Crippen molar-refractivity contribution in [2.75, 3.05) is 11.5 Å². The number of anilines is 2. The van der Waals surface area contributed by atoms with Gasteiger partial charge in [0.05, 0.1) is 23.8 Å². The minimum atomic E-state index is -0.776. The Morgan fingerprint density at radius 2 is 1.47 bits per heavy atom. The van der Waals surface area contributed by atoms with E-state index in [4.69, 9.17) is 22.1 Å². The Balaban J connectivity index is 1.49. The maximum Gasteiger partial charge on any atom is 0.312 e. The van der Waals surface area contributed by atoms with Crippen molar-refractivity contribution in [2.45, 2.75) is 25.3 Å². The molecule has 0 aromatic heterocycles. The highest BCUT2D eigenvalue weighted by Crippen LogP contribution is 2.36. The Bertz CT molecular complexity index is 1170. The van der Waals surface area contributed by atoms with Crippen LogP contribution in [0.2, 0.25) is 5.02 Å². The fourth-order valence-corrected chi connectivity index (χ4v) is 4.23. The van der Waals surface area contributed by atoms with Crippen molar-refractivity contribution in [3.05, 3.63) is 94.5 Å². The number of rotatable bonds is 6. The Kier molecular flexibility index (Phi) is 7.13. The van der Waals surface area contributed by atoms with E-state index in [-0.39, 0.29) is 12.3 Å². The molecule has 3 amide bonds. The van der Waals surface area contributed by atoms with E-state index in [9.17, 15) is 14.4 Å². The van der Waals surface area contributed by atoms with Crippen LogP contribution in [-0.2, 0) is 27.2 Å². The first-order chi connectivity index (χ1) is 16.4. The zero-order valence-electron chi connectivity index (χ0n) is 18.4. The zero-order valence-corrected chi connectivity index (χ0v) is 19.1. The second-order valence-electron chi connectivity index (χ2n) is 7.96. The first-order valence-electron chi connectivity index (χ1n) is 10.9. The van der Waals surface area contributed by atoms with Gasteiger partial charge in [0.2, 0.25) is 0 Å². The minimum Gasteiger partial charge on any atom is -0.455 e. The van der Waals surface area contributed by atoms with Crippen LogP contribution in [0.4, 0.5) is 16.2 Å². The molecule has 1 aliphatic heterocycles. The number of ether oxygens (including phenoxy) is 1. The number of amides is 3. The van der Waals surface area contributed by atoms with E-state index in [1.807, 2.05) is 48.5 Å². The number of esters is 1. The Morgan fingerprint density at radius 3 is 2.03 bits per heavy atom. The summed E-state index contributed by atoms with van der Waals surface area (Å²) in [5.74, 6) is -1.00. The molecule has 0 saturated carbocycles. The van der Waals surface area contributed by atoms with Crippen molar-refractivity contribution in [1.82, 2.24) is 5.32 Å². The molecule has 0 spiro atoms. The number of para-hydroxylation sites is 2. The number of carbonyl (C=O) groups is 3. The zero-order chi connectivity index (χ0) is 24.1. The van der Waals surface area contributed by atoms with Gasteiger partial charge in [0.25, 0.3) is 5.91 Å². The third-order valence-corrected chi connectivity index (χ3v) is 5.95. The third-order valence-electron chi connectivity index (χ3n) is 5.69. The molecular formula is C26H24ClN3O4. The number of aryl methyl sites for hydroxylation is 2. The van der Waals surface area contributed by atoms with E-state index >= 15 is 0 Å². The average Bonchev–Trinajstić information content (AvgIpc) is 2.99. The number of nitrogens with one attached hydrogen (secondary N) is 1. The predicted octanol–water partition coefficient (Wildman–Crippen LogP) is 4.45. The highest BCUT2D eigenvalue weighted by atomic mass is 35.5. The van der Waals surface area contributed by atoms with Gasteiger partial charge in [-0.05, 0) is 53.8 Å². The summed E-state index contributed by atoms with van der Waals surface area (Å²) in [4.78, 5) is 39.0. The number of fused-ring (bicyclic) bond motifs is 2. The molecule has 0 radical (unpaired) electrons. The smallest absolute Gasteiger partial charge is 0.312 e. The average molecular weight is 478 g/mol. The van der Waals surface area contributed by atoms with Gasteiger partial charge in [-0.2, -0.15) is 0 Å². The Hall–Kier alpha value is -3.84. The standard InChI is InChI=1S/C26H24ClN3O4/c27-20-13-11-17(12-14-20)21(29-26(28)33)15-25(32)34-16-24(31)30-22-7-3-1-5-18(22)9-10-19-6-2-4-8-23(19)30/h1-8,11-14,21H,9-10,15-16H2,(H3,28,29,33). The summed E-state index contributed by atoms with van der Waals surface area (Å²) in [5, 5.41) is 3.05. The molecule has 1 atom stereocenters. The first kappa shape index (κ1) is 23.3. The van der Waals surface area contributed by atoms with E-state index in [0.29, 0.717) is 10.6 Å². The number of carbonyl (C=O) groups excluding carboxylic acids is 3. The van der Waals surface area contributed by atoms with E-state index in [2.05, 4.69) is 5.32 Å². The predicted molar refractivity (Wildman–Crippen MR) is 130 cm³/mol. The van der Waals surface area contributed by atoms with Gasteiger partial charge < -0.3 is 15.8 Å². The molecule has 0 bridgehead atoms. The Labute approximate surface area is 202 Å². The highest BCUT2D eigenvalue weighted by molar-refractivity contribution is 6.30. The van der Waals surface area contributed by atoms with Crippen LogP contribution in [0.25, 0.3) is 0 Å². The van der Waals surface area contributed by atoms with Gasteiger partial charge in [-0.25, -0.2) is 4.79 Å². The molecule has 3 aromatic carbocycles. The quantitative estimate of drug-likeness (QED) is 0.512. The summed E-state index contributed by atoms with van der Waals surface area (Å²) in [6, 6.07) is 20.6. The van der Waals surface area contributed by atoms with E-state index in [1.165, 1.54) is 0 Å². The van der Waals surface area contributed by atoms with E-state index < -0.39 is 24.6 Å². The molecule has 3 aromatic rings. The molecule has 174 valence electrons. The molecule has 3 N–H and O–H groups in total. The number of halogens is 1. The van der Waals surface area contributed by atoms with Gasteiger partial charge in [-0.15, -0.1) is 0 Å². The maximum atomic E-state index is 13.3. The molecule has 1 unspecified atom stereocenters. The number of nitrogens with zero attached hydrogens (tertiary/aromatic N) is 1. The van der Waals surface area contributed by atoms with Crippen LogP contribution in [0.5, 0.6) is 0 Å². The van der Waals surface area contributed by atoms with Crippen molar-refractivity contribution in [3.8, 4) is 0 Å². The van der Waals surface area contributed by atoms with Gasteiger partial charge in [-0.1, -0.05) is 60.1 Å². The van der Waals surface area contributed by atoms with Gasteiger partial charge in [-0.3, -0.25) is 14.5 Å². The number of benzene rings is 3. The Morgan fingerprint density at radius 1 is 0.912 bits per heavy atom. The van der Waals surface area contributed by atoms with Crippen molar-refractivity contribution in [2.24, 2.45) is 5.73 Å². The number of nitrogens with two attached hydrogens (primary N) is 1. The SMILES string of the molecule is NC(=O)NC(CC(=O)OCC(=O)N1c2ccccc2CCc2ccccc21)c1ccc(Cl)cc1. The second-order valence-corrected chi connectivity index (χ2v) is 8.40. The van der Waals surface area contributed by atoms with Crippen LogP contribution in [0.15, 0.2) is 72.8 Å². The van der Waals surface area contributed by atoms with Crippen LogP contribution in [0, 0.1) is 0 Å². The summed E-state index contributed by atoms with van der Waals surface area (Å²) in [6.45, 7) is -0.439. The van der Waals surface area contributed by atoms with Crippen LogP contribution < -0.4 is 16.0 Å². The summed E-state index contributed by atoms with van der Waals surface area (Å²) in [7, 11) is 0. The van der Waals surface area contributed by atoms with Gasteiger partial charge >= 0.3 is 12.0 Å². The lowest BCUT2D eigenvalue weighted by atomic mass is 10.0. The molecule has 1 heterocycles. The molecule has 1 aliphatic rings. The van der Waals surface area contributed by atoms with E-state index in [0.717, 1.165) is 35.3 Å². The highest BCUT2D eigenvalue weighted by Gasteiger charge is 2.27. The van der Waals surface area contributed by atoms with Crippen LogP contribution in [-0.4, -0.2) is 24.5 Å². The summed E-state index contributed by atoms with van der Waals surface area (Å²) >= 11 is 5.92. The van der Waals surface area contributed by atoms with Crippen LogP contribution in [0.3, 0.4) is 0 Å². The second kappa shape index (κ2) is 10.4. The lowest BCUT2D eigenvalue weighted by Crippen LogP contribution is -2.35. The molecule has 0 fully saturated rings. The van der Waals surface area contributed by atoms with Crippen molar-refractivity contribution in [3.63, 3.8) is 0 Å². The third kappa shape index (κ3) is 5.38. The van der Waals surface area contributed by atoms with Crippen LogP contribution >= 0.6 is 11.6 Å². The number of hydrogen-bond acceptors (Lipinski definition) is 4. The van der Waals surface area contributed by atoms with Crippen molar-refractivity contribution in [1.29, 1.82) is 0 Å². The number of primary amides is 1. The monoisotopic (exact) mass is 477 g/mol. The molecule has 34 heavy (non-hydrogen) atoms. The molecule has 7 nitrogen and oxygen atoms in total. The normalized spacial score (nSPS) is 13.1. The lowest BCUT2D eigenvalue weighted by molar-refractivity contribution is -0.148. The topological polar surface area (TPSA) is 102 Å². The number of hydrogen-bond donors (Lipinski definition) is 2. The lowest BCUT2D eigenvalue weighted by Gasteiger charge is -2.25. The fourth-order valence-electron chi connectivity index (χ4n) is 4.10. The molecular weight excluding hydrogens is 454 g/mol. The van der Waals surface area contributed by atoms with Gasteiger partial charge in [0.1, 0.15) is 0 Å². The van der Waals surface area contributed by atoms with Crippen LogP contribution in [0.1, 0.15) is 29.2 Å².